The molecule has 0 unspecified atom stereocenters. The van der Waals surface area contributed by atoms with Gasteiger partial charge in [0.15, 0.2) is 11.5 Å². The molecule has 0 bridgehead atoms. The number of hydrogen-bond donors (Lipinski definition) is 1. The van der Waals surface area contributed by atoms with Crippen molar-refractivity contribution in [2.24, 2.45) is 0 Å². The Hall–Kier alpha value is -4.33. The van der Waals surface area contributed by atoms with Gasteiger partial charge in [0.1, 0.15) is 23.1 Å². The molecule has 3 heterocycles. The Bertz CT molecular complexity index is 1470. The summed E-state index contributed by atoms with van der Waals surface area (Å²) in [6.45, 7) is 2.71. The lowest BCUT2D eigenvalue weighted by molar-refractivity contribution is 0.410. The van der Waals surface area contributed by atoms with Gasteiger partial charge in [-0.05, 0) is 31.2 Å². The van der Waals surface area contributed by atoms with Crippen LogP contribution in [0.4, 0.5) is 10.2 Å². The van der Waals surface area contributed by atoms with Gasteiger partial charge in [0.05, 0.1) is 19.0 Å². The van der Waals surface area contributed by atoms with Crippen LogP contribution in [0.5, 0.6) is 5.75 Å². The molecular formula is C26H23FN6O. The van der Waals surface area contributed by atoms with Gasteiger partial charge in [0.25, 0.3) is 0 Å². The first kappa shape index (κ1) is 21.5. The number of benzene rings is 2. The highest BCUT2D eigenvalue weighted by atomic mass is 19.1. The van der Waals surface area contributed by atoms with Crippen molar-refractivity contribution in [1.29, 1.82) is 0 Å². The highest BCUT2D eigenvalue weighted by Crippen LogP contribution is 2.27. The van der Waals surface area contributed by atoms with E-state index in [0.717, 1.165) is 22.4 Å². The monoisotopic (exact) mass is 454 g/mol. The second-order valence-electron chi connectivity index (χ2n) is 7.86. The molecular weight excluding hydrogens is 431 g/mol. The van der Waals surface area contributed by atoms with E-state index in [1.165, 1.54) is 6.07 Å². The van der Waals surface area contributed by atoms with Crippen molar-refractivity contribution in [3.63, 3.8) is 0 Å². The van der Waals surface area contributed by atoms with Crippen molar-refractivity contribution in [3.8, 4) is 17.3 Å². The largest absolute Gasteiger partial charge is 0.496 e. The van der Waals surface area contributed by atoms with E-state index in [9.17, 15) is 4.39 Å². The summed E-state index contributed by atoms with van der Waals surface area (Å²) in [6.07, 6.45) is 1.70. The number of nitrogens with zero attached hydrogens (tertiary/aromatic N) is 5. The van der Waals surface area contributed by atoms with Gasteiger partial charge in [-0.15, -0.1) is 0 Å². The summed E-state index contributed by atoms with van der Waals surface area (Å²) in [6, 6.07) is 20.2. The van der Waals surface area contributed by atoms with Crippen molar-refractivity contribution in [2.45, 2.75) is 20.0 Å². The first-order chi connectivity index (χ1) is 16.6. The smallest absolute Gasteiger partial charge is 0.183 e. The number of methoxy groups -OCH3 is 1. The molecule has 0 atom stereocenters. The average Bonchev–Trinajstić information content (AvgIpc) is 3.22. The number of para-hydroxylation sites is 1. The summed E-state index contributed by atoms with van der Waals surface area (Å²) in [5, 5.41) is 8.90. The van der Waals surface area contributed by atoms with Crippen molar-refractivity contribution >= 4 is 16.9 Å². The Labute approximate surface area is 196 Å². The van der Waals surface area contributed by atoms with Crippen molar-refractivity contribution in [3.05, 3.63) is 95.6 Å². The molecule has 7 nitrogen and oxygen atoms in total. The molecule has 0 fully saturated rings. The van der Waals surface area contributed by atoms with E-state index >= 15 is 0 Å². The van der Waals surface area contributed by atoms with E-state index in [0.29, 0.717) is 35.1 Å². The van der Waals surface area contributed by atoms with Crippen LogP contribution >= 0.6 is 0 Å². The molecule has 0 radical (unpaired) electrons. The summed E-state index contributed by atoms with van der Waals surface area (Å²) in [5.74, 6) is 1.69. The maximum Gasteiger partial charge on any atom is 0.183 e. The third-order valence-corrected chi connectivity index (χ3v) is 5.50. The zero-order chi connectivity index (χ0) is 23.5. The molecule has 0 spiro atoms. The van der Waals surface area contributed by atoms with Crippen LogP contribution in [0.25, 0.3) is 22.6 Å². The van der Waals surface area contributed by atoms with Gasteiger partial charge in [0, 0.05) is 35.6 Å². The fraction of sp³-hybridized carbons (Fsp3) is 0.154. The second-order valence-corrected chi connectivity index (χ2v) is 7.86. The molecule has 2 aromatic carbocycles. The maximum absolute atomic E-state index is 14.3. The standard InChI is InChI=1S/C26H23FN6O/c1-17-14-23(29-15-18-8-4-6-12-22(18)34-2)31-25(30-17)24-20-10-7-13-28-26(20)33(32-24)16-19-9-3-5-11-21(19)27/h3-14H,15-16H2,1-2H3,(H,29,30,31). The van der Waals surface area contributed by atoms with Crippen LogP contribution in [0.15, 0.2) is 72.9 Å². The lowest BCUT2D eigenvalue weighted by Crippen LogP contribution is -2.06. The number of pyridine rings is 1. The van der Waals surface area contributed by atoms with Gasteiger partial charge in [-0.25, -0.2) is 24.0 Å². The lowest BCUT2D eigenvalue weighted by Gasteiger charge is -2.11. The van der Waals surface area contributed by atoms with Crippen LogP contribution in [0.3, 0.4) is 0 Å². The normalized spacial score (nSPS) is 11.0. The summed E-state index contributed by atoms with van der Waals surface area (Å²) in [4.78, 5) is 13.8. The number of rotatable bonds is 7. The minimum Gasteiger partial charge on any atom is -0.496 e. The Morgan fingerprint density at radius 3 is 2.59 bits per heavy atom. The number of anilines is 1. The minimum absolute atomic E-state index is 0.255. The van der Waals surface area contributed by atoms with E-state index in [1.54, 1.807) is 30.1 Å². The van der Waals surface area contributed by atoms with Crippen LogP contribution in [0, 0.1) is 12.7 Å². The molecule has 34 heavy (non-hydrogen) atoms. The van der Waals surface area contributed by atoms with Crippen LogP contribution in [0.1, 0.15) is 16.8 Å². The second kappa shape index (κ2) is 9.27. The van der Waals surface area contributed by atoms with Crippen molar-refractivity contribution < 1.29 is 9.13 Å². The molecule has 0 saturated carbocycles. The number of aromatic nitrogens is 5. The fourth-order valence-electron chi connectivity index (χ4n) is 3.87. The highest BCUT2D eigenvalue weighted by Gasteiger charge is 2.17. The topological polar surface area (TPSA) is 77.8 Å². The molecule has 170 valence electrons. The predicted molar refractivity (Wildman–Crippen MR) is 129 cm³/mol. The first-order valence-electron chi connectivity index (χ1n) is 10.9. The molecule has 0 aliphatic rings. The highest BCUT2D eigenvalue weighted by molar-refractivity contribution is 5.89. The summed E-state index contributed by atoms with van der Waals surface area (Å²) in [5.41, 5.74) is 3.60. The van der Waals surface area contributed by atoms with Crippen LogP contribution in [-0.2, 0) is 13.1 Å². The predicted octanol–water partition coefficient (Wildman–Crippen LogP) is 5.00. The number of ether oxygens (including phenoxy) is 1. The van der Waals surface area contributed by atoms with Crippen LogP contribution in [-0.4, -0.2) is 31.8 Å². The number of nitrogens with one attached hydrogen (secondary N) is 1. The van der Waals surface area contributed by atoms with Crippen molar-refractivity contribution in [2.75, 3.05) is 12.4 Å². The fourth-order valence-corrected chi connectivity index (χ4v) is 3.87. The van der Waals surface area contributed by atoms with Gasteiger partial charge < -0.3 is 10.1 Å². The van der Waals surface area contributed by atoms with Gasteiger partial charge in [-0.1, -0.05) is 36.4 Å². The van der Waals surface area contributed by atoms with Gasteiger partial charge in [-0.3, -0.25) is 0 Å². The molecule has 5 rings (SSSR count). The Kier molecular flexibility index (Phi) is 5.86. The van der Waals surface area contributed by atoms with Gasteiger partial charge >= 0.3 is 0 Å². The quantitative estimate of drug-likeness (QED) is 0.373. The summed E-state index contributed by atoms with van der Waals surface area (Å²) in [7, 11) is 1.66. The third-order valence-electron chi connectivity index (χ3n) is 5.50. The van der Waals surface area contributed by atoms with E-state index < -0.39 is 0 Å². The molecule has 0 saturated heterocycles. The zero-order valence-electron chi connectivity index (χ0n) is 18.9. The Balaban J connectivity index is 1.50. The van der Waals surface area contributed by atoms with Gasteiger partial charge in [0.2, 0.25) is 0 Å². The van der Waals surface area contributed by atoms with E-state index in [4.69, 9.17) is 14.8 Å². The van der Waals surface area contributed by atoms with E-state index in [-0.39, 0.29) is 12.4 Å². The van der Waals surface area contributed by atoms with E-state index in [1.807, 2.05) is 55.5 Å². The molecule has 5 aromatic rings. The number of halogens is 1. The summed E-state index contributed by atoms with van der Waals surface area (Å²) < 4.78 is 21.4. The third kappa shape index (κ3) is 4.30. The Morgan fingerprint density at radius 2 is 1.76 bits per heavy atom. The SMILES string of the molecule is COc1ccccc1CNc1cc(C)nc(-c2nn(Cc3ccccc3F)c3ncccc23)n1. The van der Waals surface area contributed by atoms with Crippen LogP contribution < -0.4 is 10.1 Å². The van der Waals surface area contributed by atoms with Crippen LogP contribution in [0.2, 0.25) is 0 Å². The van der Waals surface area contributed by atoms with Crippen molar-refractivity contribution in [1.82, 2.24) is 24.7 Å². The Morgan fingerprint density at radius 1 is 0.971 bits per heavy atom. The van der Waals surface area contributed by atoms with Gasteiger partial charge in [-0.2, -0.15) is 5.10 Å². The lowest BCUT2D eigenvalue weighted by atomic mass is 10.2. The number of fused-ring (bicyclic) bond motifs is 1. The van der Waals surface area contributed by atoms with E-state index in [2.05, 4.69) is 15.3 Å². The molecule has 0 aliphatic carbocycles. The first-order valence-corrected chi connectivity index (χ1v) is 10.9. The minimum atomic E-state index is -0.279. The maximum atomic E-state index is 14.3. The molecule has 0 amide bonds. The molecule has 3 aromatic heterocycles. The molecule has 0 aliphatic heterocycles. The summed E-state index contributed by atoms with van der Waals surface area (Å²) >= 11 is 0. The molecule has 8 heteroatoms. The number of hydrogen-bond acceptors (Lipinski definition) is 6. The average molecular weight is 455 g/mol. The molecule has 1 N–H and O–H groups in total. The number of aryl methyl sites for hydroxylation is 1. The zero-order valence-corrected chi connectivity index (χ0v) is 18.9.